The van der Waals surface area contributed by atoms with E-state index in [0.29, 0.717) is 0 Å². The lowest BCUT2D eigenvalue weighted by Gasteiger charge is -2.24. The van der Waals surface area contributed by atoms with E-state index in [2.05, 4.69) is 0 Å². The first-order valence-electron chi connectivity index (χ1n) is 7.14. The number of hydrogen-bond donors (Lipinski definition) is 1. The number of anilines is 2. The van der Waals surface area contributed by atoms with E-state index in [4.69, 9.17) is 10.5 Å². The second-order valence-electron chi connectivity index (χ2n) is 5.33. The monoisotopic (exact) mass is 323 g/mol. The third-order valence-corrected chi connectivity index (χ3v) is 3.79. The van der Waals surface area contributed by atoms with Crippen LogP contribution in [0.2, 0.25) is 0 Å². The Bertz CT molecular complexity index is 693. The first-order chi connectivity index (χ1) is 11.0. The van der Waals surface area contributed by atoms with Crippen molar-refractivity contribution in [2.24, 2.45) is 5.73 Å². The number of carbonyl (C=O) groups excluding carboxylic acids is 2. The summed E-state index contributed by atoms with van der Waals surface area (Å²) < 4.78 is 33.6. The maximum Gasteiger partial charge on any atom is 0.414 e. The van der Waals surface area contributed by atoms with Gasteiger partial charge in [-0.05, 0) is 6.08 Å². The van der Waals surface area contributed by atoms with Gasteiger partial charge in [0, 0.05) is 37.8 Å². The number of carbonyl (C=O) groups is 2. The SMILES string of the molecule is NCC1CN(c2cc(F)c(N3C=CC(=O)CC3)cc2F)C(=O)O1. The minimum Gasteiger partial charge on any atom is -0.443 e. The molecule has 2 aliphatic rings. The van der Waals surface area contributed by atoms with Gasteiger partial charge in [-0.3, -0.25) is 9.69 Å². The lowest BCUT2D eigenvalue weighted by molar-refractivity contribution is -0.114. The molecule has 1 saturated heterocycles. The van der Waals surface area contributed by atoms with Crippen molar-refractivity contribution in [3.8, 4) is 0 Å². The van der Waals surface area contributed by atoms with Crippen LogP contribution in [0.3, 0.4) is 0 Å². The van der Waals surface area contributed by atoms with Crippen molar-refractivity contribution in [1.29, 1.82) is 0 Å². The summed E-state index contributed by atoms with van der Waals surface area (Å²) in [4.78, 5) is 25.4. The van der Waals surface area contributed by atoms with Crippen molar-refractivity contribution in [1.82, 2.24) is 0 Å². The van der Waals surface area contributed by atoms with Crippen LogP contribution in [0.4, 0.5) is 25.0 Å². The van der Waals surface area contributed by atoms with Crippen LogP contribution < -0.4 is 15.5 Å². The van der Waals surface area contributed by atoms with E-state index in [9.17, 15) is 18.4 Å². The quantitative estimate of drug-likeness (QED) is 0.913. The fourth-order valence-electron chi connectivity index (χ4n) is 2.56. The van der Waals surface area contributed by atoms with Gasteiger partial charge in [-0.25, -0.2) is 13.6 Å². The molecular formula is C15H15F2N3O3. The molecule has 3 rings (SSSR count). The molecule has 1 fully saturated rings. The first-order valence-corrected chi connectivity index (χ1v) is 7.14. The Morgan fingerprint density at radius 2 is 1.91 bits per heavy atom. The summed E-state index contributed by atoms with van der Waals surface area (Å²) in [6.45, 7) is 0.451. The molecule has 2 N–H and O–H groups in total. The highest BCUT2D eigenvalue weighted by atomic mass is 19.1. The van der Waals surface area contributed by atoms with Gasteiger partial charge in [-0.1, -0.05) is 0 Å². The molecule has 1 atom stereocenters. The molecular weight excluding hydrogens is 308 g/mol. The Labute approximate surface area is 131 Å². The van der Waals surface area contributed by atoms with E-state index in [1.165, 1.54) is 17.2 Å². The lowest BCUT2D eigenvalue weighted by Crippen LogP contribution is -2.29. The number of cyclic esters (lactones) is 1. The Balaban J connectivity index is 1.90. The molecule has 2 heterocycles. The van der Waals surface area contributed by atoms with Crippen LogP contribution in [-0.2, 0) is 9.53 Å². The highest BCUT2D eigenvalue weighted by molar-refractivity contribution is 5.92. The van der Waals surface area contributed by atoms with Crippen LogP contribution in [0.1, 0.15) is 6.42 Å². The fourth-order valence-corrected chi connectivity index (χ4v) is 2.56. The third-order valence-electron chi connectivity index (χ3n) is 3.79. The van der Waals surface area contributed by atoms with Crippen LogP contribution >= 0.6 is 0 Å². The van der Waals surface area contributed by atoms with E-state index in [1.807, 2.05) is 0 Å². The molecule has 122 valence electrons. The summed E-state index contributed by atoms with van der Waals surface area (Å²) in [5.41, 5.74) is 5.25. The molecule has 1 aromatic carbocycles. The van der Waals surface area contributed by atoms with Crippen LogP contribution in [0.15, 0.2) is 24.4 Å². The van der Waals surface area contributed by atoms with Crippen molar-refractivity contribution >= 4 is 23.3 Å². The van der Waals surface area contributed by atoms with E-state index in [0.717, 1.165) is 17.0 Å². The molecule has 0 spiro atoms. The van der Waals surface area contributed by atoms with Crippen molar-refractivity contribution in [2.75, 3.05) is 29.4 Å². The van der Waals surface area contributed by atoms with E-state index in [1.54, 1.807) is 0 Å². The number of allylic oxidation sites excluding steroid dienone is 1. The molecule has 0 bridgehead atoms. The van der Waals surface area contributed by atoms with Crippen molar-refractivity contribution in [2.45, 2.75) is 12.5 Å². The highest BCUT2D eigenvalue weighted by Crippen LogP contribution is 2.31. The summed E-state index contributed by atoms with van der Waals surface area (Å²) in [6.07, 6.45) is 1.67. The number of nitrogens with two attached hydrogens (primary N) is 1. The highest BCUT2D eigenvalue weighted by Gasteiger charge is 2.34. The lowest BCUT2D eigenvalue weighted by atomic mass is 10.1. The summed E-state index contributed by atoms with van der Waals surface area (Å²) in [5, 5.41) is 0. The van der Waals surface area contributed by atoms with Crippen LogP contribution in [0, 0.1) is 11.6 Å². The van der Waals surface area contributed by atoms with Crippen LogP contribution in [-0.4, -0.2) is 37.6 Å². The second kappa shape index (κ2) is 5.96. The van der Waals surface area contributed by atoms with Crippen molar-refractivity contribution < 1.29 is 23.1 Å². The minimum absolute atomic E-state index is 0.0120. The Hall–Kier alpha value is -2.48. The van der Waals surface area contributed by atoms with E-state index in [-0.39, 0.29) is 43.2 Å². The number of halogens is 2. The van der Waals surface area contributed by atoms with Crippen LogP contribution in [0.25, 0.3) is 0 Å². The van der Waals surface area contributed by atoms with E-state index >= 15 is 0 Å². The largest absolute Gasteiger partial charge is 0.443 e. The smallest absolute Gasteiger partial charge is 0.414 e. The molecule has 23 heavy (non-hydrogen) atoms. The summed E-state index contributed by atoms with van der Waals surface area (Å²) in [6, 6.07) is 1.96. The van der Waals surface area contributed by atoms with Gasteiger partial charge in [0.05, 0.1) is 17.9 Å². The van der Waals surface area contributed by atoms with E-state index < -0.39 is 23.8 Å². The summed E-state index contributed by atoms with van der Waals surface area (Å²) in [5.74, 6) is -1.50. The summed E-state index contributed by atoms with van der Waals surface area (Å²) >= 11 is 0. The molecule has 0 saturated carbocycles. The fraction of sp³-hybridized carbons (Fsp3) is 0.333. The zero-order chi connectivity index (χ0) is 16.6. The van der Waals surface area contributed by atoms with Gasteiger partial charge in [0.25, 0.3) is 0 Å². The molecule has 8 heteroatoms. The molecule has 1 unspecified atom stereocenters. The van der Waals surface area contributed by atoms with Gasteiger partial charge in [0.2, 0.25) is 0 Å². The zero-order valence-corrected chi connectivity index (χ0v) is 12.2. The number of rotatable bonds is 3. The number of ketones is 1. The van der Waals surface area contributed by atoms with Gasteiger partial charge < -0.3 is 15.4 Å². The first kappa shape index (κ1) is 15.4. The predicted octanol–water partition coefficient (Wildman–Crippen LogP) is 1.54. The predicted molar refractivity (Wildman–Crippen MR) is 79.1 cm³/mol. The number of benzene rings is 1. The molecule has 0 radical (unpaired) electrons. The molecule has 1 aromatic rings. The standard InChI is InChI=1S/C15H15F2N3O3/c16-11-6-14(20-8-10(7-18)23-15(20)22)12(17)5-13(11)19-3-1-9(21)2-4-19/h1,3,5-6,10H,2,4,7-8,18H2. The Morgan fingerprint density at radius 1 is 1.22 bits per heavy atom. The van der Waals surface area contributed by atoms with Gasteiger partial charge >= 0.3 is 6.09 Å². The maximum atomic E-state index is 14.4. The zero-order valence-electron chi connectivity index (χ0n) is 12.2. The van der Waals surface area contributed by atoms with Crippen molar-refractivity contribution in [3.63, 3.8) is 0 Å². The number of amides is 1. The average molecular weight is 323 g/mol. The van der Waals surface area contributed by atoms with Gasteiger partial charge in [-0.15, -0.1) is 0 Å². The number of nitrogens with zero attached hydrogens (tertiary/aromatic N) is 2. The summed E-state index contributed by atoms with van der Waals surface area (Å²) in [7, 11) is 0. The maximum absolute atomic E-state index is 14.4. The topological polar surface area (TPSA) is 75.9 Å². The molecule has 6 nitrogen and oxygen atoms in total. The normalized spacial score (nSPS) is 21.1. The molecule has 0 aliphatic carbocycles. The number of ether oxygens (including phenoxy) is 1. The minimum atomic E-state index is -0.755. The second-order valence-corrected chi connectivity index (χ2v) is 5.33. The molecule has 2 aliphatic heterocycles. The Morgan fingerprint density at radius 3 is 2.52 bits per heavy atom. The van der Waals surface area contributed by atoms with Gasteiger partial charge in [0.1, 0.15) is 17.7 Å². The molecule has 0 aromatic heterocycles. The average Bonchev–Trinajstić information content (AvgIpc) is 2.91. The molecule has 1 amide bonds. The van der Waals surface area contributed by atoms with Gasteiger partial charge in [0.15, 0.2) is 5.78 Å². The van der Waals surface area contributed by atoms with Crippen LogP contribution in [0.5, 0.6) is 0 Å². The third kappa shape index (κ3) is 2.89. The van der Waals surface area contributed by atoms with Gasteiger partial charge in [-0.2, -0.15) is 0 Å². The van der Waals surface area contributed by atoms with Crippen molar-refractivity contribution in [3.05, 3.63) is 36.0 Å². The Kier molecular flexibility index (Phi) is 3.99. The number of hydrogen-bond acceptors (Lipinski definition) is 5.